The number of halogens is 2. The topological polar surface area (TPSA) is 68.5 Å². The summed E-state index contributed by atoms with van der Waals surface area (Å²) < 4.78 is 34.1. The fraction of sp³-hybridized carbons (Fsp3) is 0.207. The first-order chi connectivity index (χ1) is 17.5. The van der Waals surface area contributed by atoms with Crippen LogP contribution in [-0.4, -0.2) is 22.6 Å². The minimum absolute atomic E-state index is 0.0958. The molecule has 2 aromatic carbocycles. The van der Waals surface area contributed by atoms with Crippen LogP contribution in [0.5, 0.6) is 0 Å². The Kier molecular flexibility index (Phi) is 6.94. The maximum absolute atomic E-state index is 13.5. The molecule has 0 bridgehead atoms. The van der Waals surface area contributed by atoms with E-state index in [1.807, 2.05) is 44.2 Å². The van der Waals surface area contributed by atoms with Gasteiger partial charge in [-0.25, -0.2) is 8.78 Å². The summed E-state index contributed by atoms with van der Waals surface area (Å²) in [4.78, 5) is 22.0. The van der Waals surface area contributed by atoms with Crippen LogP contribution in [0.2, 0.25) is 0 Å². The van der Waals surface area contributed by atoms with E-state index in [2.05, 4.69) is 21.9 Å². The summed E-state index contributed by atoms with van der Waals surface area (Å²) in [7, 11) is 3.20. The number of rotatable bonds is 6. The number of ether oxygens (including phenoxy) is 1. The number of pyridine rings is 2. The minimum Gasteiger partial charge on any atom is -0.481 e. The van der Waals surface area contributed by atoms with Gasteiger partial charge < -0.3 is 14.6 Å². The molecule has 6 nitrogen and oxygen atoms in total. The molecule has 0 atom stereocenters. The normalized spacial score (nSPS) is 12.0. The monoisotopic (exact) mass is 502 g/mol. The predicted octanol–water partition coefficient (Wildman–Crippen LogP) is 6.31. The lowest BCUT2D eigenvalue weighted by molar-refractivity contribution is 0.0174. The number of benzene rings is 2. The number of aromatic nitrogens is 2. The Morgan fingerprint density at radius 1 is 1.08 bits per heavy atom. The lowest BCUT2D eigenvalue weighted by Gasteiger charge is -2.14. The molecule has 37 heavy (non-hydrogen) atoms. The Labute approximate surface area is 214 Å². The Bertz CT molecular complexity index is 1580. The minimum atomic E-state index is -2.93. The maximum atomic E-state index is 13.5. The van der Waals surface area contributed by atoms with Gasteiger partial charge in [0.15, 0.2) is 0 Å². The molecule has 190 valence electrons. The van der Waals surface area contributed by atoms with Gasteiger partial charge in [0, 0.05) is 53.6 Å². The van der Waals surface area contributed by atoms with E-state index in [-0.39, 0.29) is 22.8 Å². The molecule has 2 aromatic heterocycles. The first kappa shape index (κ1) is 25.8. The van der Waals surface area contributed by atoms with Crippen molar-refractivity contribution in [3.8, 4) is 11.1 Å². The van der Waals surface area contributed by atoms with Crippen molar-refractivity contribution in [2.75, 3.05) is 12.4 Å². The SMILES string of the molecule is C=C(/N=C(\OC)c1ccc(C(C)(F)F)cc1)Nc1ccc(C)c(-c2cc3cnc(C)cc3n(C)c2=O)c1. The summed E-state index contributed by atoms with van der Waals surface area (Å²) >= 11 is 0. The zero-order valence-corrected chi connectivity index (χ0v) is 21.4. The zero-order chi connectivity index (χ0) is 26.9. The van der Waals surface area contributed by atoms with Crippen LogP contribution in [0, 0.1) is 13.8 Å². The largest absolute Gasteiger partial charge is 0.481 e. The summed E-state index contributed by atoms with van der Waals surface area (Å²) in [5.74, 6) is -2.43. The van der Waals surface area contributed by atoms with Gasteiger partial charge in [0.1, 0.15) is 5.82 Å². The highest BCUT2D eigenvalue weighted by molar-refractivity contribution is 5.95. The molecule has 2 heterocycles. The molecular weight excluding hydrogens is 474 g/mol. The number of hydrogen-bond donors (Lipinski definition) is 1. The summed E-state index contributed by atoms with van der Waals surface area (Å²) in [5.41, 5.74) is 4.92. The fourth-order valence-electron chi connectivity index (χ4n) is 4.10. The number of nitrogens with one attached hydrogen (secondary N) is 1. The molecule has 0 spiro atoms. The van der Waals surface area contributed by atoms with Crippen LogP contribution in [0.4, 0.5) is 14.5 Å². The highest BCUT2D eigenvalue weighted by Crippen LogP contribution is 2.28. The molecule has 0 amide bonds. The van der Waals surface area contributed by atoms with Crippen LogP contribution in [-0.2, 0) is 17.7 Å². The van der Waals surface area contributed by atoms with Crippen molar-refractivity contribution in [1.82, 2.24) is 9.55 Å². The third-order valence-corrected chi connectivity index (χ3v) is 6.13. The standard InChI is InChI=1S/C29H28F2N4O2/c1-17-7-12-23(15-24(17)25-14-21-16-32-18(2)13-26(21)35(5)28(25)36)33-19(3)34-27(37-6)20-8-10-22(11-9-20)29(4,30)31/h7-16,33H,3H2,1-2,4-6H3/b34-27-. The van der Waals surface area contributed by atoms with Gasteiger partial charge >= 0.3 is 0 Å². The smallest absolute Gasteiger partial charge is 0.270 e. The van der Waals surface area contributed by atoms with E-state index >= 15 is 0 Å². The van der Waals surface area contributed by atoms with E-state index in [1.54, 1.807) is 17.8 Å². The number of alkyl halides is 2. The highest BCUT2D eigenvalue weighted by Gasteiger charge is 2.24. The van der Waals surface area contributed by atoms with Gasteiger partial charge in [-0.05, 0) is 61.4 Å². The summed E-state index contributed by atoms with van der Waals surface area (Å²) in [5, 5.41) is 3.99. The van der Waals surface area contributed by atoms with Gasteiger partial charge in [-0.15, -0.1) is 0 Å². The summed E-state index contributed by atoms with van der Waals surface area (Å²) in [6.45, 7) is 8.63. The van der Waals surface area contributed by atoms with Crippen molar-refractivity contribution in [1.29, 1.82) is 0 Å². The average molecular weight is 503 g/mol. The lowest BCUT2D eigenvalue weighted by atomic mass is 9.99. The first-order valence-corrected chi connectivity index (χ1v) is 11.6. The van der Waals surface area contributed by atoms with Crippen molar-refractivity contribution in [3.63, 3.8) is 0 Å². The molecule has 0 radical (unpaired) electrons. The van der Waals surface area contributed by atoms with Crippen molar-refractivity contribution in [2.45, 2.75) is 26.7 Å². The van der Waals surface area contributed by atoms with E-state index in [0.29, 0.717) is 16.8 Å². The summed E-state index contributed by atoms with van der Waals surface area (Å²) in [6.07, 6.45) is 1.77. The molecule has 0 unspecified atom stereocenters. The van der Waals surface area contributed by atoms with Gasteiger partial charge in [0.25, 0.3) is 11.5 Å². The van der Waals surface area contributed by atoms with Crippen LogP contribution >= 0.6 is 0 Å². The number of hydrogen-bond acceptors (Lipinski definition) is 5. The Morgan fingerprint density at radius 3 is 2.43 bits per heavy atom. The van der Waals surface area contributed by atoms with Crippen LogP contribution in [0.25, 0.3) is 22.0 Å². The number of anilines is 1. The summed E-state index contributed by atoms with van der Waals surface area (Å²) in [6, 6.07) is 15.1. The molecule has 1 N–H and O–H groups in total. The van der Waals surface area contributed by atoms with Crippen molar-refractivity contribution >= 4 is 22.5 Å². The van der Waals surface area contributed by atoms with E-state index in [0.717, 1.165) is 34.6 Å². The molecule has 0 saturated carbocycles. The van der Waals surface area contributed by atoms with Crippen molar-refractivity contribution < 1.29 is 13.5 Å². The molecule has 0 aliphatic carbocycles. The van der Waals surface area contributed by atoms with Crippen LogP contribution in [0.1, 0.15) is 29.3 Å². The fourth-order valence-corrected chi connectivity index (χ4v) is 4.10. The number of nitrogens with zero attached hydrogens (tertiary/aromatic N) is 3. The van der Waals surface area contributed by atoms with Crippen molar-refractivity contribution in [2.24, 2.45) is 12.0 Å². The third kappa shape index (κ3) is 5.43. The van der Waals surface area contributed by atoms with Crippen molar-refractivity contribution in [3.05, 3.63) is 106 Å². The number of aryl methyl sites for hydroxylation is 3. The second-order valence-electron chi connectivity index (χ2n) is 8.99. The van der Waals surface area contributed by atoms with Gasteiger partial charge in [0.2, 0.25) is 5.90 Å². The van der Waals surface area contributed by atoms with Gasteiger partial charge in [-0.2, -0.15) is 4.99 Å². The van der Waals surface area contributed by atoms with Crippen LogP contribution in [0.15, 0.2) is 83.0 Å². The second-order valence-corrected chi connectivity index (χ2v) is 8.99. The van der Waals surface area contributed by atoms with E-state index < -0.39 is 5.92 Å². The average Bonchev–Trinajstić information content (AvgIpc) is 2.86. The Hall–Kier alpha value is -4.33. The third-order valence-electron chi connectivity index (χ3n) is 6.13. The molecular formula is C29H28F2N4O2. The van der Waals surface area contributed by atoms with E-state index in [9.17, 15) is 13.6 Å². The number of fused-ring (bicyclic) bond motifs is 1. The van der Waals surface area contributed by atoms with Crippen LogP contribution in [0.3, 0.4) is 0 Å². The maximum Gasteiger partial charge on any atom is 0.270 e. The highest BCUT2D eigenvalue weighted by atomic mass is 19.3. The quantitative estimate of drug-likeness (QED) is 0.248. The second kappa shape index (κ2) is 9.97. The van der Waals surface area contributed by atoms with Crippen LogP contribution < -0.4 is 10.9 Å². The Balaban J connectivity index is 1.64. The molecule has 0 aliphatic heterocycles. The predicted molar refractivity (Wildman–Crippen MR) is 144 cm³/mol. The lowest BCUT2D eigenvalue weighted by Crippen LogP contribution is -2.19. The molecule has 8 heteroatoms. The van der Waals surface area contributed by atoms with Gasteiger partial charge in [-0.3, -0.25) is 9.78 Å². The molecule has 0 saturated heterocycles. The van der Waals surface area contributed by atoms with Gasteiger partial charge in [0.05, 0.1) is 12.6 Å². The molecule has 4 rings (SSSR count). The van der Waals surface area contributed by atoms with E-state index in [4.69, 9.17) is 4.74 Å². The molecule has 0 aliphatic rings. The Morgan fingerprint density at radius 2 is 1.78 bits per heavy atom. The molecule has 0 fully saturated rings. The number of aliphatic imine (C=N–C) groups is 1. The van der Waals surface area contributed by atoms with Gasteiger partial charge in [-0.1, -0.05) is 24.8 Å². The van der Waals surface area contributed by atoms with E-state index in [1.165, 1.54) is 31.4 Å². The molecule has 4 aromatic rings. The zero-order valence-electron chi connectivity index (χ0n) is 21.4. The first-order valence-electron chi connectivity index (χ1n) is 11.6. The number of methoxy groups -OCH3 is 1.